The predicted molar refractivity (Wildman–Crippen MR) is 248 cm³/mol. The number of nitrogens with zero attached hydrogens (tertiary/aromatic N) is 5. The zero-order chi connectivity index (χ0) is 46.0. The van der Waals surface area contributed by atoms with Crippen LogP contribution in [0.1, 0.15) is 102 Å². The Morgan fingerprint density at radius 3 is 2.55 bits per heavy atom. The monoisotopic (exact) mass is 950 g/mol. The van der Waals surface area contributed by atoms with E-state index in [0.29, 0.717) is 117 Å². The number of methoxy groups -OCH3 is 1. The smallest absolute Gasteiger partial charge is 0.255 e. The lowest BCUT2D eigenvalue weighted by Crippen LogP contribution is -2.52. The number of likely N-dealkylation sites (N-methyl/N-ethyl adjacent to an activating group) is 1. The number of benzene rings is 3. The SMILES string of the molecule is CC[C@@H]1C(=O)N(C)c2cnc(Cc3ccc(C(=O)CCCOCCNCCCCC(=O)Nc4cccc5c4CN(C4CCC(=O)NC4=O)C5=O)cc3OC)nc2N1Cc1ccc(Br)cc1. The molecule has 0 radical (unpaired) electrons. The minimum atomic E-state index is -0.718. The van der Waals surface area contributed by atoms with Crippen LogP contribution in [0.5, 0.6) is 5.75 Å². The van der Waals surface area contributed by atoms with Crippen LogP contribution in [0, 0.1) is 0 Å². The summed E-state index contributed by atoms with van der Waals surface area (Å²) >= 11 is 3.50. The van der Waals surface area contributed by atoms with Crippen molar-refractivity contribution in [1.29, 1.82) is 0 Å². The van der Waals surface area contributed by atoms with E-state index < -0.39 is 11.9 Å². The molecule has 7 rings (SSSR count). The maximum Gasteiger partial charge on any atom is 0.255 e. The van der Waals surface area contributed by atoms with Gasteiger partial charge in [0.2, 0.25) is 23.6 Å². The van der Waals surface area contributed by atoms with Crippen molar-refractivity contribution in [2.75, 3.05) is 55.6 Å². The van der Waals surface area contributed by atoms with Gasteiger partial charge in [0.15, 0.2) is 11.6 Å². The number of imide groups is 1. The molecule has 0 spiro atoms. The van der Waals surface area contributed by atoms with Gasteiger partial charge in [-0.25, -0.2) is 9.97 Å². The van der Waals surface area contributed by atoms with Crippen LogP contribution in [0.2, 0.25) is 0 Å². The van der Waals surface area contributed by atoms with Crippen LogP contribution in [-0.4, -0.2) is 103 Å². The highest BCUT2D eigenvalue weighted by Gasteiger charge is 2.40. The van der Waals surface area contributed by atoms with Crippen molar-refractivity contribution in [2.24, 2.45) is 0 Å². The average molecular weight is 952 g/mol. The van der Waals surface area contributed by atoms with Crippen molar-refractivity contribution in [3.8, 4) is 5.75 Å². The maximum atomic E-state index is 13.3. The van der Waals surface area contributed by atoms with Crippen LogP contribution < -0.4 is 30.5 Å². The number of carbonyl (C=O) groups excluding carboxylic acids is 6. The molecular formula is C48H55BrN8O8. The topological polar surface area (TPSA) is 192 Å². The Kier molecular flexibility index (Phi) is 15.7. The number of unbranched alkanes of at least 4 members (excludes halogenated alkanes) is 1. The summed E-state index contributed by atoms with van der Waals surface area (Å²) in [5.74, 6) is 0.587. The Balaban J connectivity index is 0.797. The number of rotatable bonds is 21. The molecule has 16 nitrogen and oxygen atoms in total. The lowest BCUT2D eigenvalue weighted by Gasteiger charge is -2.40. The number of carbonyl (C=O) groups is 6. The van der Waals surface area contributed by atoms with Crippen LogP contribution in [-0.2, 0) is 43.4 Å². The first-order valence-electron chi connectivity index (χ1n) is 22.1. The van der Waals surface area contributed by atoms with Gasteiger partial charge in [-0.1, -0.05) is 53.2 Å². The van der Waals surface area contributed by atoms with Crippen molar-refractivity contribution in [1.82, 2.24) is 25.5 Å². The third-order valence-electron chi connectivity index (χ3n) is 12.0. The molecule has 1 aromatic heterocycles. The summed E-state index contributed by atoms with van der Waals surface area (Å²) in [5, 5.41) is 8.56. The van der Waals surface area contributed by atoms with Gasteiger partial charge in [0.1, 0.15) is 29.3 Å². The maximum absolute atomic E-state index is 13.3. The molecule has 0 bridgehead atoms. The van der Waals surface area contributed by atoms with Crippen LogP contribution >= 0.6 is 15.9 Å². The molecule has 0 saturated carbocycles. The van der Waals surface area contributed by atoms with Crippen LogP contribution in [0.25, 0.3) is 0 Å². The molecule has 4 aromatic rings. The summed E-state index contributed by atoms with van der Waals surface area (Å²) in [5.41, 5.74) is 4.78. The number of hydrogen-bond acceptors (Lipinski definition) is 12. The van der Waals surface area contributed by atoms with Gasteiger partial charge in [0.05, 0.1) is 19.9 Å². The molecule has 342 valence electrons. The van der Waals surface area contributed by atoms with E-state index in [2.05, 4.69) is 41.8 Å². The summed E-state index contributed by atoms with van der Waals surface area (Å²) < 4.78 is 12.5. The van der Waals surface area contributed by atoms with E-state index in [9.17, 15) is 28.8 Å². The molecule has 17 heteroatoms. The Labute approximate surface area is 387 Å². The van der Waals surface area contributed by atoms with Crippen LogP contribution in [0.15, 0.2) is 71.3 Å². The average Bonchev–Trinajstić information content (AvgIpc) is 3.64. The Bertz CT molecular complexity index is 2430. The first-order valence-corrected chi connectivity index (χ1v) is 22.9. The second-order valence-electron chi connectivity index (χ2n) is 16.4. The quantitative estimate of drug-likeness (QED) is 0.0523. The third kappa shape index (κ3) is 11.3. The number of amides is 5. The molecule has 3 aliphatic rings. The summed E-state index contributed by atoms with van der Waals surface area (Å²) in [7, 11) is 3.34. The van der Waals surface area contributed by atoms with Crippen molar-refractivity contribution >= 4 is 68.4 Å². The zero-order valence-electron chi connectivity index (χ0n) is 37.0. The van der Waals surface area contributed by atoms with Crippen LogP contribution in [0.4, 0.5) is 17.2 Å². The van der Waals surface area contributed by atoms with Gasteiger partial charge in [-0.3, -0.25) is 34.1 Å². The molecule has 1 unspecified atom stereocenters. The number of piperidine rings is 1. The van der Waals surface area contributed by atoms with E-state index in [1.807, 2.05) is 37.3 Å². The van der Waals surface area contributed by atoms with E-state index in [1.165, 1.54) is 4.90 Å². The number of nitrogens with one attached hydrogen (secondary N) is 3. The number of halogens is 1. The Morgan fingerprint density at radius 1 is 0.969 bits per heavy atom. The molecule has 1 fully saturated rings. The van der Waals surface area contributed by atoms with Gasteiger partial charge in [-0.05, 0) is 74.5 Å². The number of Topliss-reactive ketones (excluding diaryl/α,β-unsaturated/α-hetero) is 1. The second-order valence-corrected chi connectivity index (χ2v) is 17.3. The van der Waals surface area contributed by atoms with Gasteiger partial charge >= 0.3 is 0 Å². The standard InChI is InChI=1S/C48H55BrN8O8/c1-4-37-48(63)55(2)39-27-51-42(53-45(39)56(37)28-30-13-17-33(49)18-14-30)26-32-16-15-31(25-41(32)64-3)40(58)11-8-23-65-24-22-50-21-6-5-12-43(59)52-36-10-7-9-34-35(36)29-57(47(34)62)38-19-20-44(60)54-46(38)61/h7,9-10,13-18,25,27,37-38,50H,4-6,8,11-12,19-24,26,28-29H2,1-3H3,(H,52,59)(H,54,60,61)/t37-,38?/m1/s1. The molecule has 3 N–H and O–H groups in total. The number of hydrogen-bond donors (Lipinski definition) is 3. The summed E-state index contributed by atoms with van der Waals surface area (Å²) in [4.78, 5) is 91.1. The van der Waals surface area contributed by atoms with Crippen molar-refractivity contribution in [2.45, 2.75) is 89.9 Å². The fraction of sp³-hybridized carbons (Fsp3) is 0.417. The minimum absolute atomic E-state index is 0.00280. The fourth-order valence-corrected chi connectivity index (χ4v) is 8.72. The Hall–Kier alpha value is -6.04. The molecule has 1 saturated heterocycles. The van der Waals surface area contributed by atoms with Crippen molar-refractivity contribution in [3.63, 3.8) is 0 Å². The number of anilines is 3. The molecule has 5 amide bonds. The normalized spacial score (nSPS) is 17.0. The van der Waals surface area contributed by atoms with Gasteiger partial charge in [-0.15, -0.1) is 0 Å². The zero-order valence-corrected chi connectivity index (χ0v) is 38.6. The lowest BCUT2D eigenvalue weighted by atomic mass is 10.0. The predicted octanol–water partition coefficient (Wildman–Crippen LogP) is 5.74. The number of fused-ring (bicyclic) bond motifs is 2. The van der Waals surface area contributed by atoms with Gasteiger partial charge in [0, 0.05) is 91.4 Å². The highest BCUT2D eigenvalue weighted by molar-refractivity contribution is 9.10. The number of ketones is 1. The minimum Gasteiger partial charge on any atom is -0.496 e. The molecule has 2 atom stereocenters. The van der Waals surface area contributed by atoms with Crippen molar-refractivity contribution < 1.29 is 38.2 Å². The summed E-state index contributed by atoms with van der Waals surface area (Å²) in [6.45, 7) is 4.99. The van der Waals surface area contributed by atoms with Gasteiger partial charge < -0.3 is 34.8 Å². The number of aromatic nitrogens is 2. The second kappa shape index (κ2) is 21.8. The third-order valence-corrected chi connectivity index (χ3v) is 12.5. The largest absolute Gasteiger partial charge is 0.496 e. The number of ether oxygens (including phenoxy) is 2. The molecule has 65 heavy (non-hydrogen) atoms. The van der Waals surface area contributed by atoms with Crippen molar-refractivity contribution in [3.05, 3.63) is 105 Å². The molecule has 3 aromatic carbocycles. The van der Waals surface area contributed by atoms with E-state index in [0.717, 1.165) is 22.0 Å². The lowest BCUT2D eigenvalue weighted by molar-refractivity contribution is -0.137. The molecule has 4 heterocycles. The van der Waals surface area contributed by atoms with E-state index in [-0.39, 0.29) is 54.8 Å². The van der Waals surface area contributed by atoms with Crippen LogP contribution in [0.3, 0.4) is 0 Å². The molecule has 0 aliphatic carbocycles. The Morgan fingerprint density at radius 2 is 1.78 bits per heavy atom. The van der Waals surface area contributed by atoms with Gasteiger partial charge in [0.25, 0.3) is 5.91 Å². The molecular weight excluding hydrogens is 896 g/mol. The first-order chi connectivity index (χ1) is 31.4. The summed E-state index contributed by atoms with van der Waals surface area (Å²) in [6, 6.07) is 17.6. The summed E-state index contributed by atoms with van der Waals surface area (Å²) in [6.07, 6.45) is 5.81. The first kappa shape index (κ1) is 46.9. The van der Waals surface area contributed by atoms with E-state index >= 15 is 0 Å². The van der Waals surface area contributed by atoms with E-state index in [4.69, 9.17) is 14.5 Å². The highest BCUT2D eigenvalue weighted by Crippen LogP contribution is 2.37. The van der Waals surface area contributed by atoms with Gasteiger partial charge in [-0.2, -0.15) is 0 Å². The fourth-order valence-electron chi connectivity index (χ4n) is 8.46. The van der Waals surface area contributed by atoms with E-state index in [1.54, 1.807) is 55.6 Å². The highest BCUT2D eigenvalue weighted by atomic mass is 79.9. The molecule has 3 aliphatic heterocycles.